The molecule has 0 radical (unpaired) electrons. The Kier molecular flexibility index (Phi) is 3.11. The van der Waals surface area contributed by atoms with Gasteiger partial charge in [0, 0.05) is 0 Å². The van der Waals surface area contributed by atoms with Crippen LogP contribution in [0.5, 0.6) is 0 Å². The fourth-order valence-electron chi connectivity index (χ4n) is 2.12. The Labute approximate surface area is 75.0 Å². The second kappa shape index (κ2) is 3.91. The Morgan fingerprint density at radius 1 is 1.67 bits per heavy atom. The predicted octanol–water partition coefficient (Wildman–Crippen LogP) is 2.07. The molecule has 0 bridgehead atoms. The molecule has 2 nitrogen and oxygen atoms in total. The molecule has 0 aromatic heterocycles. The van der Waals surface area contributed by atoms with Gasteiger partial charge in [-0.3, -0.25) is 0 Å². The maximum absolute atomic E-state index is 9.04. The third kappa shape index (κ3) is 1.78. The summed E-state index contributed by atoms with van der Waals surface area (Å²) in [6, 6.07) is 2.42. The van der Waals surface area contributed by atoms with E-state index in [1.54, 1.807) is 0 Å². The lowest BCUT2D eigenvalue weighted by Crippen LogP contribution is -2.45. The lowest BCUT2D eigenvalue weighted by Gasteiger charge is -2.35. The molecule has 0 spiro atoms. The average Bonchev–Trinajstić information content (AvgIpc) is 2.18. The molecule has 1 fully saturated rings. The summed E-state index contributed by atoms with van der Waals surface area (Å²) in [4.78, 5) is 0. The van der Waals surface area contributed by atoms with Gasteiger partial charge in [-0.25, -0.2) is 0 Å². The summed E-state index contributed by atoms with van der Waals surface area (Å²) in [5.41, 5.74) is -0.209. The van der Waals surface area contributed by atoms with Gasteiger partial charge >= 0.3 is 0 Å². The second-order valence-corrected chi connectivity index (χ2v) is 3.81. The van der Waals surface area contributed by atoms with Crippen LogP contribution in [0.4, 0.5) is 0 Å². The molecular formula is C10H18N2. The standard InChI is InChI=1S/C10H18N2/c1-3-9-5-4-6-10(7-9,8-11)12-2/h9,12H,3-7H2,1-2H3. The quantitative estimate of drug-likeness (QED) is 0.681. The number of hydrogen-bond acceptors (Lipinski definition) is 2. The van der Waals surface area contributed by atoms with Gasteiger partial charge < -0.3 is 5.32 Å². The van der Waals surface area contributed by atoms with Gasteiger partial charge in [0.05, 0.1) is 6.07 Å². The van der Waals surface area contributed by atoms with Crippen LogP contribution in [0, 0.1) is 17.2 Å². The van der Waals surface area contributed by atoms with Crippen LogP contribution in [-0.2, 0) is 0 Å². The van der Waals surface area contributed by atoms with Crippen molar-refractivity contribution in [1.29, 1.82) is 5.26 Å². The summed E-state index contributed by atoms with van der Waals surface area (Å²) >= 11 is 0. The Morgan fingerprint density at radius 2 is 2.42 bits per heavy atom. The minimum atomic E-state index is -0.209. The molecule has 1 aliphatic carbocycles. The van der Waals surface area contributed by atoms with Gasteiger partial charge in [0.25, 0.3) is 0 Å². The first-order valence-corrected chi connectivity index (χ1v) is 4.86. The van der Waals surface area contributed by atoms with Crippen LogP contribution in [0.2, 0.25) is 0 Å². The monoisotopic (exact) mass is 166 g/mol. The van der Waals surface area contributed by atoms with Crippen molar-refractivity contribution in [3.8, 4) is 6.07 Å². The van der Waals surface area contributed by atoms with E-state index < -0.39 is 0 Å². The van der Waals surface area contributed by atoms with E-state index in [-0.39, 0.29) is 5.54 Å². The van der Waals surface area contributed by atoms with Crippen molar-refractivity contribution in [2.45, 2.75) is 44.6 Å². The van der Waals surface area contributed by atoms with Crippen molar-refractivity contribution in [2.24, 2.45) is 5.92 Å². The largest absolute Gasteiger partial charge is 0.302 e. The number of nitriles is 1. The molecule has 0 aromatic carbocycles. The van der Waals surface area contributed by atoms with Crippen molar-refractivity contribution in [3.63, 3.8) is 0 Å². The van der Waals surface area contributed by atoms with Gasteiger partial charge in [-0.1, -0.05) is 26.2 Å². The summed E-state index contributed by atoms with van der Waals surface area (Å²) < 4.78 is 0. The Hall–Kier alpha value is -0.550. The third-order valence-electron chi connectivity index (χ3n) is 3.12. The van der Waals surface area contributed by atoms with Crippen molar-refractivity contribution in [2.75, 3.05) is 7.05 Å². The summed E-state index contributed by atoms with van der Waals surface area (Å²) in [7, 11) is 1.90. The van der Waals surface area contributed by atoms with Gasteiger partial charge in [0.1, 0.15) is 5.54 Å². The zero-order valence-corrected chi connectivity index (χ0v) is 8.06. The minimum Gasteiger partial charge on any atom is -0.302 e. The van der Waals surface area contributed by atoms with E-state index in [1.165, 1.54) is 19.3 Å². The highest BCUT2D eigenvalue weighted by Crippen LogP contribution is 2.33. The fourth-order valence-corrected chi connectivity index (χ4v) is 2.12. The predicted molar refractivity (Wildman–Crippen MR) is 49.7 cm³/mol. The van der Waals surface area contributed by atoms with Crippen LogP contribution in [0.1, 0.15) is 39.0 Å². The molecule has 0 saturated heterocycles. The molecular weight excluding hydrogens is 148 g/mol. The Morgan fingerprint density at radius 3 is 2.92 bits per heavy atom. The SMILES string of the molecule is CCC1CCCC(C#N)(NC)C1. The number of hydrogen-bond donors (Lipinski definition) is 1. The zero-order valence-electron chi connectivity index (χ0n) is 8.06. The molecule has 12 heavy (non-hydrogen) atoms. The molecule has 1 aliphatic rings. The zero-order chi connectivity index (χ0) is 9.03. The van der Waals surface area contributed by atoms with Crippen LogP contribution >= 0.6 is 0 Å². The van der Waals surface area contributed by atoms with Crippen LogP contribution in [-0.4, -0.2) is 12.6 Å². The molecule has 0 aliphatic heterocycles. The van der Waals surface area contributed by atoms with Crippen LogP contribution in [0.15, 0.2) is 0 Å². The van der Waals surface area contributed by atoms with Gasteiger partial charge in [-0.15, -0.1) is 0 Å². The molecule has 0 aromatic rings. The molecule has 1 saturated carbocycles. The van der Waals surface area contributed by atoms with E-state index in [2.05, 4.69) is 18.3 Å². The van der Waals surface area contributed by atoms with E-state index in [1.807, 2.05) is 7.05 Å². The van der Waals surface area contributed by atoms with E-state index in [0.717, 1.165) is 18.8 Å². The summed E-state index contributed by atoms with van der Waals surface area (Å²) in [5, 5.41) is 12.2. The van der Waals surface area contributed by atoms with Gasteiger partial charge in [-0.2, -0.15) is 5.26 Å². The number of nitrogens with one attached hydrogen (secondary N) is 1. The second-order valence-electron chi connectivity index (χ2n) is 3.81. The van der Waals surface area contributed by atoms with E-state index in [9.17, 15) is 0 Å². The maximum atomic E-state index is 9.04. The molecule has 68 valence electrons. The smallest absolute Gasteiger partial charge is 0.106 e. The summed E-state index contributed by atoms with van der Waals surface area (Å²) in [6.45, 7) is 2.22. The van der Waals surface area contributed by atoms with Crippen molar-refractivity contribution in [1.82, 2.24) is 5.32 Å². The topological polar surface area (TPSA) is 35.8 Å². The van der Waals surface area contributed by atoms with Gasteiger partial charge in [-0.05, 0) is 25.8 Å². The maximum Gasteiger partial charge on any atom is 0.106 e. The van der Waals surface area contributed by atoms with E-state index in [4.69, 9.17) is 5.26 Å². The van der Waals surface area contributed by atoms with Crippen LogP contribution < -0.4 is 5.32 Å². The van der Waals surface area contributed by atoms with Crippen molar-refractivity contribution >= 4 is 0 Å². The molecule has 1 rings (SSSR count). The summed E-state index contributed by atoms with van der Waals surface area (Å²) in [6.07, 6.45) is 5.78. The Bertz CT molecular complexity index is 183. The lowest BCUT2D eigenvalue weighted by molar-refractivity contribution is 0.236. The first-order chi connectivity index (χ1) is 5.76. The molecule has 0 heterocycles. The molecule has 0 amide bonds. The van der Waals surface area contributed by atoms with Crippen LogP contribution in [0.25, 0.3) is 0 Å². The molecule has 2 heteroatoms. The first-order valence-electron chi connectivity index (χ1n) is 4.86. The Balaban J connectivity index is 2.60. The van der Waals surface area contributed by atoms with Crippen LogP contribution in [0.3, 0.4) is 0 Å². The van der Waals surface area contributed by atoms with Crippen molar-refractivity contribution in [3.05, 3.63) is 0 Å². The summed E-state index contributed by atoms with van der Waals surface area (Å²) in [5.74, 6) is 0.755. The first kappa shape index (κ1) is 9.54. The highest BCUT2D eigenvalue weighted by atomic mass is 14.9. The van der Waals surface area contributed by atoms with Gasteiger partial charge in [0.2, 0.25) is 0 Å². The average molecular weight is 166 g/mol. The van der Waals surface area contributed by atoms with E-state index >= 15 is 0 Å². The molecule has 2 atom stereocenters. The third-order valence-corrected chi connectivity index (χ3v) is 3.12. The number of rotatable bonds is 2. The lowest BCUT2D eigenvalue weighted by atomic mass is 9.75. The highest BCUT2D eigenvalue weighted by Gasteiger charge is 2.34. The van der Waals surface area contributed by atoms with Crippen molar-refractivity contribution < 1.29 is 0 Å². The number of nitrogens with zero attached hydrogens (tertiary/aromatic N) is 1. The minimum absolute atomic E-state index is 0.209. The van der Waals surface area contributed by atoms with E-state index in [0.29, 0.717) is 0 Å². The molecule has 2 unspecified atom stereocenters. The normalized spacial score (nSPS) is 35.9. The fraction of sp³-hybridized carbons (Fsp3) is 0.900. The highest BCUT2D eigenvalue weighted by molar-refractivity contribution is 5.08. The van der Waals surface area contributed by atoms with Gasteiger partial charge in [0.15, 0.2) is 0 Å². The molecule has 1 N–H and O–H groups in total.